The Bertz CT molecular complexity index is 1670. The number of hydrogen-bond acceptors (Lipinski definition) is 7. The number of amides is 3. The highest BCUT2D eigenvalue weighted by atomic mass is 19.4. The largest absolute Gasteiger partial charge is 0.496 e. The Hall–Kier alpha value is -4.44. The number of alkyl halides is 6. The van der Waals surface area contributed by atoms with Gasteiger partial charge < -0.3 is 25.2 Å². The van der Waals surface area contributed by atoms with E-state index in [1.54, 1.807) is 14.1 Å². The summed E-state index contributed by atoms with van der Waals surface area (Å²) in [6, 6.07) is 6.00. The monoisotopic (exact) mass is 767 g/mol. The van der Waals surface area contributed by atoms with Crippen molar-refractivity contribution in [1.29, 1.82) is 0 Å². The van der Waals surface area contributed by atoms with Gasteiger partial charge in [-0.15, -0.1) is 0 Å². The maximum absolute atomic E-state index is 13.9. The molecular weight excluding hydrogens is 720 g/mol. The number of hydrogen-bond donors (Lipinski definition) is 2. The summed E-state index contributed by atoms with van der Waals surface area (Å²) >= 11 is 0. The van der Waals surface area contributed by atoms with Crippen LogP contribution in [0.3, 0.4) is 0 Å². The molecule has 0 bridgehead atoms. The van der Waals surface area contributed by atoms with Gasteiger partial charge in [-0.2, -0.15) is 26.3 Å². The number of ether oxygens (including phenoxy) is 1. The van der Waals surface area contributed by atoms with Gasteiger partial charge in [0.2, 0.25) is 17.7 Å². The molecule has 296 valence electrons. The maximum Gasteiger partial charge on any atom is 0.419 e. The van der Waals surface area contributed by atoms with E-state index >= 15 is 0 Å². The molecule has 1 unspecified atom stereocenters. The van der Waals surface area contributed by atoms with Crippen molar-refractivity contribution in [3.05, 3.63) is 76.9 Å². The van der Waals surface area contributed by atoms with Crippen molar-refractivity contribution in [2.45, 2.75) is 74.9 Å². The summed E-state index contributed by atoms with van der Waals surface area (Å²) in [6.07, 6.45) is -3.68. The number of carbonyl (C=O) groups is 4. The van der Waals surface area contributed by atoms with E-state index in [9.17, 15) is 45.5 Å². The van der Waals surface area contributed by atoms with Crippen molar-refractivity contribution in [3.8, 4) is 5.75 Å². The molecular formula is C38H47F6N5O5. The second-order valence-electron chi connectivity index (χ2n) is 13.7. The van der Waals surface area contributed by atoms with Crippen LogP contribution in [-0.2, 0) is 38.0 Å². The van der Waals surface area contributed by atoms with Crippen LogP contribution in [-0.4, -0.2) is 111 Å². The lowest BCUT2D eigenvalue weighted by Gasteiger charge is -2.36. The smallest absolute Gasteiger partial charge is 0.419 e. The van der Waals surface area contributed by atoms with E-state index in [0.29, 0.717) is 43.4 Å². The minimum Gasteiger partial charge on any atom is -0.496 e. The van der Waals surface area contributed by atoms with Crippen molar-refractivity contribution >= 4 is 23.5 Å². The zero-order valence-corrected chi connectivity index (χ0v) is 30.7. The van der Waals surface area contributed by atoms with Crippen LogP contribution in [0.4, 0.5) is 26.3 Å². The Balaban J connectivity index is 1.33. The molecule has 54 heavy (non-hydrogen) atoms. The van der Waals surface area contributed by atoms with Crippen LogP contribution in [0, 0.1) is 0 Å². The van der Waals surface area contributed by atoms with E-state index in [-0.39, 0.29) is 55.8 Å². The summed E-state index contributed by atoms with van der Waals surface area (Å²) in [5.74, 6) is -1.92. The number of nitrogens with one attached hydrogen (secondary N) is 2. The molecule has 1 fully saturated rings. The molecule has 0 radical (unpaired) electrons. The van der Waals surface area contributed by atoms with Crippen LogP contribution >= 0.6 is 0 Å². The number of halogens is 6. The van der Waals surface area contributed by atoms with Gasteiger partial charge in [-0.25, -0.2) is 0 Å². The molecule has 0 spiro atoms. The summed E-state index contributed by atoms with van der Waals surface area (Å²) in [6.45, 7) is 0.432. The second kappa shape index (κ2) is 18.3. The average molecular weight is 768 g/mol. The van der Waals surface area contributed by atoms with Crippen LogP contribution in [0.15, 0.2) is 54.6 Å². The Morgan fingerprint density at radius 2 is 1.72 bits per heavy atom. The highest BCUT2D eigenvalue weighted by molar-refractivity contribution is 5.92. The quantitative estimate of drug-likeness (QED) is 0.161. The Labute approximate surface area is 310 Å². The molecule has 2 aliphatic rings. The lowest BCUT2D eigenvalue weighted by Crippen LogP contribution is -2.57. The normalized spacial score (nSPS) is 20.9. The van der Waals surface area contributed by atoms with Gasteiger partial charge in [0.15, 0.2) is 0 Å². The third-order valence-electron chi connectivity index (χ3n) is 9.98. The lowest BCUT2D eigenvalue weighted by molar-refractivity contribution is -0.147. The van der Waals surface area contributed by atoms with Gasteiger partial charge in [0, 0.05) is 39.5 Å². The number of likely N-dealkylation sites (N-methyl/N-ethyl adjacent to an activating group) is 3. The van der Waals surface area contributed by atoms with Gasteiger partial charge in [-0.05, 0) is 81.1 Å². The minimum atomic E-state index is -4.56. The van der Waals surface area contributed by atoms with Crippen molar-refractivity contribution in [2.75, 3.05) is 54.4 Å². The number of benzene rings is 2. The molecule has 1 saturated heterocycles. The van der Waals surface area contributed by atoms with E-state index in [2.05, 4.69) is 10.6 Å². The molecule has 2 aromatic rings. The summed E-state index contributed by atoms with van der Waals surface area (Å²) in [7, 11) is 5.99. The fraction of sp³-hybridized carbons (Fsp3) is 0.526. The van der Waals surface area contributed by atoms with Gasteiger partial charge >= 0.3 is 12.4 Å². The molecule has 10 nitrogen and oxygen atoms in total. The second-order valence-corrected chi connectivity index (χ2v) is 13.7. The molecule has 4 rings (SSSR count). The molecule has 0 saturated carbocycles. The zero-order valence-electron chi connectivity index (χ0n) is 30.7. The maximum atomic E-state index is 13.9. The first-order valence-electron chi connectivity index (χ1n) is 17.7. The first kappa shape index (κ1) is 42.3. The highest BCUT2D eigenvalue weighted by Gasteiger charge is 2.39. The third kappa shape index (κ3) is 10.8. The van der Waals surface area contributed by atoms with E-state index < -0.39 is 53.4 Å². The number of Topliss-reactive ketones (excluding diaryl/α,β-unsaturated/α-hetero) is 1. The molecule has 2 aliphatic heterocycles. The fourth-order valence-electron chi connectivity index (χ4n) is 6.98. The standard InChI is InChI=1S/C38H47F6N5O5/c1-45-29-9-6-5-7-18-49(35(29)52)31(19-24-11-14-27(15-12-24)37(39,40)41)36(53)48(3)23-34(51)46-17-8-10-32(50)30-20-26(22-47(30)2)25-13-16-28(38(42,43)44)33(21-25)54-4/h5-6,11-16,21,26,29-31,45H,7-10,17-20,22-23H2,1-4H3,(H,46,51)/b6-5-/t26?,29-,30+,31+/m1/s1. The van der Waals surface area contributed by atoms with Crippen molar-refractivity contribution in [3.63, 3.8) is 0 Å². The van der Waals surface area contributed by atoms with Gasteiger partial charge in [-0.1, -0.05) is 30.4 Å². The minimum absolute atomic E-state index is 0.0696. The predicted molar refractivity (Wildman–Crippen MR) is 189 cm³/mol. The molecule has 16 heteroatoms. The van der Waals surface area contributed by atoms with Gasteiger partial charge in [0.25, 0.3) is 0 Å². The summed E-state index contributed by atoms with van der Waals surface area (Å²) in [5.41, 5.74) is -0.657. The Kier molecular flexibility index (Phi) is 14.3. The molecule has 2 N–H and O–H groups in total. The molecule has 0 aromatic heterocycles. The van der Waals surface area contributed by atoms with Crippen LogP contribution in [0.5, 0.6) is 5.75 Å². The number of likely N-dealkylation sites (tertiary alicyclic amines) is 1. The van der Waals surface area contributed by atoms with E-state index in [1.807, 2.05) is 17.1 Å². The van der Waals surface area contributed by atoms with Crippen molar-refractivity contribution in [2.24, 2.45) is 0 Å². The van der Waals surface area contributed by atoms with Crippen LogP contribution in [0.1, 0.15) is 60.3 Å². The predicted octanol–water partition coefficient (Wildman–Crippen LogP) is 4.82. The average Bonchev–Trinajstić information content (AvgIpc) is 3.51. The first-order valence-corrected chi connectivity index (χ1v) is 17.7. The van der Waals surface area contributed by atoms with Crippen LogP contribution in [0.25, 0.3) is 0 Å². The lowest BCUT2D eigenvalue weighted by atomic mass is 9.93. The van der Waals surface area contributed by atoms with Crippen molar-refractivity contribution < 1.29 is 50.3 Å². The summed E-state index contributed by atoms with van der Waals surface area (Å²) < 4.78 is 84.6. The Morgan fingerprint density at radius 1 is 1.02 bits per heavy atom. The number of nitrogens with zero attached hydrogens (tertiary/aromatic N) is 3. The van der Waals surface area contributed by atoms with Crippen molar-refractivity contribution in [1.82, 2.24) is 25.3 Å². The third-order valence-corrected chi connectivity index (χ3v) is 9.98. The zero-order chi connectivity index (χ0) is 39.8. The molecule has 4 atom stereocenters. The van der Waals surface area contributed by atoms with Gasteiger partial charge in [-0.3, -0.25) is 24.1 Å². The van der Waals surface area contributed by atoms with Gasteiger partial charge in [0.1, 0.15) is 17.6 Å². The first-order chi connectivity index (χ1) is 25.4. The summed E-state index contributed by atoms with van der Waals surface area (Å²) in [5, 5.41) is 5.66. The van der Waals surface area contributed by atoms with Crippen LogP contribution < -0.4 is 15.4 Å². The molecule has 2 aromatic carbocycles. The molecule has 3 amide bonds. The van der Waals surface area contributed by atoms with E-state index in [1.165, 1.54) is 48.2 Å². The van der Waals surface area contributed by atoms with Gasteiger partial charge in [0.05, 0.1) is 36.9 Å². The topological polar surface area (TPSA) is 111 Å². The summed E-state index contributed by atoms with van der Waals surface area (Å²) in [4.78, 5) is 58.0. The Morgan fingerprint density at radius 3 is 2.35 bits per heavy atom. The number of methoxy groups -OCH3 is 1. The van der Waals surface area contributed by atoms with Crippen LogP contribution in [0.2, 0.25) is 0 Å². The SMILES string of the molecule is CN[C@@H]1C/C=C\CCN([C@@H](Cc2ccc(C(F)(F)F)cc2)C(=O)N(C)CC(=O)NCCCC(=O)[C@@H]2CC(c3ccc(C(F)(F)F)c(OC)c3)CN2C)C1=O. The molecule has 2 heterocycles. The number of rotatable bonds is 14. The van der Waals surface area contributed by atoms with E-state index in [4.69, 9.17) is 4.74 Å². The fourth-order valence-corrected chi connectivity index (χ4v) is 6.98. The number of carbonyl (C=O) groups excluding carboxylic acids is 4. The number of ketones is 1. The molecule has 0 aliphatic carbocycles. The van der Waals surface area contributed by atoms with E-state index in [0.717, 1.165) is 18.2 Å². The highest BCUT2D eigenvalue weighted by Crippen LogP contribution is 2.40.